The molecule has 0 saturated heterocycles. The molecule has 0 aromatic heterocycles. The molecule has 0 N–H and O–H groups in total. The van der Waals surface area contributed by atoms with E-state index in [0.717, 1.165) is 6.04 Å². The summed E-state index contributed by atoms with van der Waals surface area (Å²) in [4.78, 5) is 0. The van der Waals surface area contributed by atoms with Crippen LogP contribution in [0.15, 0.2) is 0 Å². The minimum Gasteiger partial charge on any atom is -0.377 e. The number of hydrogen-bond donors (Lipinski definition) is 0. The lowest BCUT2D eigenvalue weighted by molar-refractivity contribution is 0.120. The molecular weight excluding hydrogens is 256 g/mol. The topological polar surface area (TPSA) is 27.7 Å². The lowest BCUT2D eigenvalue weighted by atomic mass is 10.3. The van der Waals surface area contributed by atoms with E-state index < -0.39 is 16.0 Å². The molecule has 0 bridgehead atoms. The van der Waals surface area contributed by atoms with Crippen LogP contribution in [0.25, 0.3) is 0 Å². The van der Waals surface area contributed by atoms with Crippen molar-refractivity contribution in [3.63, 3.8) is 0 Å². The van der Waals surface area contributed by atoms with Crippen molar-refractivity contribution in [1.82, 2.24) is 0 Å². The van der Waals surface area contributed by atoms with Gasteiger partial charge in [0.2, 0.25) is 0 Å². The first-order chi connectivity index (χ1) is 7.28. The van der Waals surface area contributed by atoms with E-state index in [1.165, 1.54) is 5.75 Å². The van der Waals surface area contributed by atoms with Crippen molar-refractivity contribution >= 4 is 27.2 Å². The summed E-state index contributed by atoms with van der Waals surface area (Å²) >= 11 is 2.11. The fraction of sp³-hybridized carbons (Fsp3) is 1.00. The molecule has 0 spiro atoms. The fourth-order valence-corrected chi connectivity index (χ4v) is 6.84. The first-order valence-corrected chi connectivity index (χ1v) is 12.7. The van der Waals surface area contributed by atoms with Gasteiger partial charge < -0.3 is 13.3 Å². The van der Waals surface area contributed by atoms with E-state index >= 15 is 0 Å². The van der Waals surface area contributed by atoms with Crippen molar-refractivity contribution in [2.45, 2.75) is 32.6 Å². The molecule has 0 radical (unpaired) electrons. The summed E-state index contributed by atoms with van der Waals surface area (Å²) in [5.74, 6) is 1.74. The SMILES string of the molecule is CO[Si](CC(C)CS[Si](C)(C)C)(OC)OC. The van der Waals surface area contributed by atoms with Crippen LogP contribution in [0.4, 0.5) is 0 Å². The molecule has 6 heteroatoms. The summed E-state index contributed by atoms with van der Waals surface area (Å²) < 4.78 is 16.3. The van der Waals surface area contributed by atoms with E-state index in [9.17, 15) is 0 Å². The monoisotopic (exact) mass is 282 g/mol. The average Bonchev–Trinajstić information content (AvgIpc) is 2.22. The second-order valence-electron chi connectivity index (χ2n) is 5.03. The summed E-state index contributed by atoms with van der Waals surface area (Å²) in [6.07, 6.45) is 0. The van der Waals surface area contributed by atoms with Crippen LogP contribution in [-0.4, -0.2) is 43.1 Å². The molecule has 0 fully saturated rings. The summed E-state index contributed by atoms with van der Waals surface area (Å²) in [5.41, 5.74) is 0. The highest BCUT2D eigenvalue weighted by Gasteiger charge is 2.39. The van der Waals surface area contributed by atoms with Crippen LogP contribution in [0, 0.1) is 5.92 Å². The predicted octanol–water partition coefficient (Wildman–Crippen LogP) is 3.07. The van der Waals surface area contributed by atoms with E-state index in [0.29, 0.717) is 5.92 Å². The molecule has 1 atom stereocenters. The molecular formula is C10H26O3SSi2. The Bertz CT molecular complexity index is 185. The molecule has 0 aliphatic heterocycles. The van der Waals surface area contributed by atoms with Gasteiger partial charge in [0.15, 0.2) is 0 Å². The van der Waals surface area contributed by atoms with Crippen molar-refractivity contribution in [2.24, 2.45) is 5.92 Å². The van der Waals surface area contributed by atoms with Gasteiger partial charge >= 0.3 is 8.80 Å². The highest BCUT2D eigenvalue weighted by molar-refractivity contribution is 8.28. The summed E-state index contributed by atoms with van der Waals surface area (Å²) in [7, 11) is 1.64. The maximum atomic E-state index is 5.44. The van der Waals surface area contributed by atoms with Gasteiger partial charge in [-0.3, -0.25) is 0 Å². The third-order valence-corrected chi connectivity index (χ3v) is 10.1. The van der Waals surface area contributed by atoms with Crippen LogP contribution < -0.4 is 0 Å². The van der Waals surface area contributed by atoms with E-state index in [-0.39, 0.29) is 0 Å². The van der Waals surface area contributed by atoms with Gasteiger partial charge in [-0.15, -0.1) is 0 Å². The van der Waals surface area contributed by atoms with E-state index in [1.54, 1.807) is 21.3 Å². The zero-order valence-electron chi connectivity index (χ0n) is 11.6. The number of rotatable bonds is 8. The summed E-state index contributed by atoms with van der Waals surface area (Å²) in [6.45, 7) is 9.36. The molecule has 16 heavy (non-hydrogen) atoms. The van der Waals surface area contributed by atoms with E-state index in [4.69, 9.17) is 13.3 Å². The van der Waals surface area contributed by atoms with Crippen molar-refractivity contribution in [1.29, 1.82) is 0 Å². The van der Waals surface area contributed by atoms with Crippen molar-refractivity contribution in [2.75, 3.05) is 27.1 Å². The third-order valence-electron chi connectivity index (χ3n) is 2.33. The van der Waals surface area contributed by atoms with Crippen LogP contribution in [0.1, 0.15) is 6.92 Å². The van der Waals surface area contributed by atoms with Crippen LogP contribution in [-0.2, 0) is 13.3 Å². The van der Waals surface area contributed by atoms with E-state index in [2.05, 4.69) is 37.8 Å². The predicted molar refractivity (Wildman–Crippen MR) is 76.6 cm³/mol. The molecule has 0 aromatic carbocycles. The molecule has 0 heterocycles. The van der Waals surface area contributed by atoms with Crippen molar-refractivity contribution in [3.05, 3.63) is 0 Å². The minimum atomic E-state index is -2.37. The van der Waals surface area contributed by atoms with Crippen LogP contribution >= 0.6 is 11.2 Å². The van der Waals surface area contributed by atoms with Gasteiger partial charge in [-0.2, -0.15) is 11.2 Å². The lowest BCUT2D eigenvalue weighted by Gasteiger charge is -2.28. The Balaban J connectivity index is 4.15. The summed E-state index contributed by atoms with van der Waals surface area (Å²) in [5, 5.41) is 0. The zero-order chi connectivity index (χ0) is 12.8. The normalized spacial score (nSPS) is 15.2. The van der Waals surface area contributed by atoms with Crippen LogP contribution in [0.2, 0.25) is 25.7 Å². The standard InChI is InChI=1S/C10H26O3SSi2/c1-10(8-14-15(5,6)7)9-16(11-2,12-3)13-4/h10H,8-9H2,1-7H3. The molecule has 3 nitrogen and oxygen atoms in total. The third kappa shape index (κ3) is 6.41. The Morgan fingerprint density at radius 1 is 1.00 bits per heavy atom. The Hall–Kier alpha value is 0.664. The van der Waals surface area contributed by atoms with E-state index in [1.807, 2.05) is 0 Å². The largest absolute Gasteiger partial charge is 0.500 e. The van der Waals surface area contributed by atoms with Gasteiger partial charge in [0.25, 0.3) is 0 Å². The molecule has 0 rings (SSSR count). The molecule has 0 aliphatic rings. The molecule has 0 aliphatic carbocycles. The van der Waals surface area contributed by atoms with Crippen molar-refractivity contribution in [3.8, 4) is 0 Å². The maximum Gasteiger partial charge on any atom is 0.500 e. The Kier molecular flexibility index (Phi) is 7.47. The molecule has 98 valence electrons. The van der Waals surface area contributed by atoms with Gasteiger partial charge in [0.1, 0.15) is 7.22 Å². The highest BCUT2D eigenvalue weighted by atomic mass is 32.4. The Morgan fingerprint density at radius 3 is 1.75 bits per heavy atom. The Morgan fingerprint density at radius 2 is 1.44 bits per heavy atom. The lowest BCUT2D eigenvalue weighted by Crippen LogP contribution is -2.44. The molecule has 1 unspecified atom stereocenters. The second-order valence-corrected chi connectivity index (χ2v) is 17.4. The van der Waals surface area contributed by atoms with Gasteiger partial charge in [0.05, 0.1) is 0 Å². The average molecular weight is 283 g/mol. The van der Waals surface area contributed by atoms with Crippen molar-refractivity contribution < 1.29 is 13.3 Å². The zero-order valence-corrected chi connectivity index (χ0v) is 14.4. The minimum absolute atomic E-state index is 0.572. The molecule has 0 amide bonds. The smallest absolute Gasteiger partial charge is 0.377 e. The van der Waals surface area contributed by atoms with Crippen LogP contribution in [0.5, 0.6) is 0 Å². The molecule has 0 aromatic rings. The van der Waals surface area contributed by atoms with Gasteiger partial charge in [0, 0.05) is 27.4 Å². The quantitative estimate of drug-likeness (QED) is 0.640. The first kappa shape index (κ1) is 16.7. The van der Waals surface area contributed by atoms with Crippen LogP contribution in [0.3, 0.4) is 0 Å². The van der Waals surface area contributed by atoms with Gasteiger partial charge in [-0.25, -0.2) is 0 Å². The second kappa shape index (κ2) is 7.18. The van der Waals surface area contributed by atoms with Gasteiger partial charge in [-0.05, 0) is 11.7 Å². The summed E-state index contributed by atoms with van der Waals surface area (Å²) in [6, 6.07) is 0.897. The highest BCUT2D eigenvalue weighted by Crippen LogP contribution is 2.27. The van der Waals surface area contributed by atoms with Gasteiger partial charge in [-0.1, -0.05) is 26.6 Å². The fourth-order valence-electron chi connectivity index (χ4n) is 1.38. The molecule has 0 saturated carbocycles. The first-order valence-electron chi connectivity index (χ1n) is 5.58. The number of hydrogen-bond acceptors (Lipinski definition) is 4. The Labute approximate surface area is 106 Å². The maximum absolute atomic E-state index is 5.44.